The first-order valence-electron chi connectivity index (χ1n) is 14.1. The second kappa shape index (κ2) is 12.9. The summed E-state index contributed by atoms with van der Waals surface area (Å²) in [6.07, 6.45) is -3.77. The lowest BCUT2D eigenvalue weighted by Crippen LogP contribution is -2.63. The van der Waals surface area contributed by atoms with Crippen LogP contribution in [0.4, 0.5) is 0 Å². The van der Waals surface area contributed by atoms with E-state index in [2.05, 4.69) is 17.4 Å². The lowest BCUT2D eigenvalue weighted by molar-refractivity contribution is -0.305. The Labute approximate surface area is 246 Å². The van der Waals surface area contributed by atoms with Crippen molar-refractivity contribution in [3.05, 3.63) is 114 Å². The van der Waals surface area contributed by atoms with Crippen LogP contribution in [0.2, 0.25) is 0 Å². The summed E-state index contributed by atoms with van der Waals surface area (Å²) in [4.78, 5) is 13.6. The van der Waals surface area contributed by atoms with E-state index >= 15 is 0 Å². The summed E-state index contributed by atoms with van der Waals surface area (Å²) in [6.45, 7) is 3.99. The number of aliphatic hydroxyl groups excluding tert-OH is 2. The SMILES string of the molecule is CO[C@@H]1[C@@H](O)[C@@H](O)[C@@H](Oc2ccc(-c3ccc(-c4ccccc4)cc3)c(C(=O)NCCc3ccccc3)c2)OC1(C)C. The summed E-state index contributed by atoms with van der Waals surface area (Å²) < 4.78 is 17.4. The summed E-state index contributed by atoms with van der Waals surface area (Å²) in [7, 11) is 1.46. The van der Waals surface area contributed by atoms with Gasteiger partial charge in [0.25, 0.3) is 5.91 Å². The molecule has 1 fully saturated rings. The Bertz CT molecular complexity index is 1470. The van der Waals surface area contributed by atoms with Crippen LogP contribution >= 0.6 is 0 Å². The number of nitrogens with one attached hydrogen (secondary N) is 1. The van der Waals surface area contributed by atoms with E-state index in [1.165, 1.54) is 7.11 Å². The molecule has 0 saturated carbocycles. The van der Waals surface area contributed by atoms with Gasteiger partial charge in [-0.05, 0) is 66.3 Å². The van der Waals surface area contributed by atoms with E-state index in [1.807, 2.05) is 78.9 Å². The van der Waals surface area contributed by atoms with E-state index < -0.39 is 30.2 Å². The van der Waals surface area contributed by atoms with Gasteiger partial charge in [-0.1, -0.05) is 84.9 Å². The summed E-state index contributed by atoms with van der Waals surface area (Å²) in [5.41, 5.74) is 4.44. The van der Waals surface area contributed by atoms with Crippen LogP contribution in [0, 0.1) is 0 Å². The van der Waals surface area contributed by atoms with Gasteiger partial charge in [-0.3, -0.25) is 4.79 Å². The minimum absolute atomic E-state index is 0.247. The molecule has 0 spiro atoms. The van der Waals surface area contributed by atoms with E-state index in [1.54, 1.807) is 26.0 Å². The molecule has 1 heterocycles. The molecule has 1 amide bonds. The zero-order valence-corrected chi connectivity index (χ0v) is 24.1. The highest BCUT2D eigenvalue weighted by molar-refractivity contribution is 6.01. The van der Waals surface area contributed by atoms with Gasteiger partial charge in [0.15, 0.2) is 0 Å². The standard InChI is InChI=1S/C35H37NO6/c1-35(2)32(40-3)30(37)31(38)34(42-35)41-27-18-19-28(26-16-14-25(15-17-26)24-12-8-5-9-13-24)29(22-27)33(39)36-21-20-23-10-6-4-7-11-23/h4-19,22,30-32,34,37-38H,20-21H2,1-3H3,(H,36,39)/t30-,31+,32+,34-/m0/s1. The predicted molar refractivity (Wildman–Crippen MR) is 162 cm³/mol. The quantitative estimate of drug-likeness (QED) is 0.256. The van der Waals surface area contributed by atoms with Gasteiger partial charge in [0.1, 0.15) is 24.1 Å². The highest BCUT2D eigenvalue weighted by atomic mass is 16.7. The predicted octanol–water partition coefficient (Wildman–Crippen LogP) is 5.24. The molecule has 7 heteroatoms. The van der Waals surface area contributed by atoms with Crippen molar-refractivity contribution in [2.75, 3.05) is 13.7 Å². The van der Waals surface area contributed by atoms with E-state index in [9.17, 15) is 15.0 Å². The summed E-state index contributed by atoms with van der Waals surface area (Å²) in [5.74, 6) is 0.0826. The third-order valence-corrected chi connectivity index (χ3v) is 7.63. The first kappa shape index (κ1) is 29.5. The van der Waals surface area contributed by atoms with Crippen molar-refractivity contribution in [1.82, 2.24) is 5.32 Å². The molecule has 0 radical (unpaired) electrons. The van der Waals surface area contributed by atoms with Crippen LogP contribution < -0.4 is 10.1 Å². The number of amides is 1. The Kier molecular flexibility index (Phi) is 9.04. The van der Waals surface area contributed by atoms with Gasteiger partial charge >= 0.3 is 0 Å². The normalized spacial score (nSPS) is 21.5. The largest absolute Gasteiger partial charge is 0.462 e. The summed E-state index contributed by atoms with van der Waals surface area (Å²) in [5, 5.41) is 24.4. The third kappa shape index (κ3) is 6.55. The zero-order valence-electron chi connectivity index (χ0n) is 24.1. The number of carbonyl (C=O) groups is 1. The van der Waals surface area contributed by atoms with E-state index in [4.69, 9.17) is 14.2 Å². The van der Waals surface area contributed by atoms with Crippen LogP contribution in [0.25, 0.3) is 22.3 Å². The molecule has 0 bridgehead atoms. The van der Waals surface area contributed by atoms with Crippen molar-refractivity contribution >= 4 is 5.91 Å². The number of rotatable bonds is 9. The molecule has 0 aliphatic carbocycles. The Morgan fingerprint density at radius 3 is 2.12 bits per heavy atom. The van der Waals surface area contributed by atoms with Gasteiger partial charge in [-0.25, -0.2) is 0 Å². The number of hydrogen-bond donors (Lipinski definition) is 3. The molecular weight excluding hydrogens is 530 g/mol. The van der Waals surface area contributed by atoms with Crippen molar-refractivity contribution in [3.8, 4) is 28.0 Å². The van der Waals surface area contributed by atoms with Crippen LogP contribution in [-0.4, -0.2) is 60.0 Å². The smallest absolute Gasteiger partial charge is 0.252 e. The molecule has 4 aromatic carbocycles. The molecule has 1 aliphatic rings. The Balaban J connectivity index is 1.41. The summed E-state index contributed by atoms with van der Waals surface area (Å²) in [6, 6.07) is 33.4. The van der Waals surface area contributed by atoms with Crippen LogP contribution in [0.15, 0.2) is 103 Å². The number of carbonyl (C=O) groups excluding carboxylic acids is 1. The molecule has 3 N–H and O–H groups in total. The maximum absolute atomic E-state index is 13.6. The maximum Gasteiger partial charge on any atom is 0.252 e. The van der Waals surface area contributed by atoms with Gasteiger partial charge in [-0.2, -0.15) is 0 Å². The van der Waals surface area contributed by atoms with E-state index in [0.29, 0.717) is 24.3 Å². The van der Waals surface area contributed by atoms with E-state index in [-0.39, 0.29) is 5.91 Å². The fourth-order valence-corrected chi connectivity index (χ4v) is 5.41. The van der Waals surface area contributed by atoms with Gasteiger partial charge in [0.05, 0.1) is 11.2 Å². The fraction of sp³-hybridized carbons (Fsp3) is 0.286. The molecule has 4 aromatic rings. The monoisotopic (exact) mass is 567 g/mol. The number of methoxy groups -OCH3 is 1. The number of benzene rings is 4. The average Bonchev–Trinajstić information content (AvgIpc) is 3.01. The van der Waals surface area contributed by atoms with Crippen LogP contribution in [0.1, 0.15) is 29.8 Å². The molecule has 7 nitrogen and oxygen atoms in total. The molecule has 218 valence electrons. The number of ether oxygens (including phenoxy) is 3. The van der Waals surface area contributed by atoms with Crippen molar-refractivity contribution in [1.29, 1.82) is 0 Å². The topological polar surface area (TPSA) is 97.3 Å². The lowest BCUT2D eigenvalue weighted by Gasteiger charge is -2.46. The maximum atomic E-state index is 13.6. The first-order chi connectivity index (χ1) is 20.3. The number of hydrogen-bond acceptors (Lipinski definition) is 6. The second-order valence-corrected chi connectivity index (χ2v) is 11.0. The highest BCUT2D eigenvalue weighted by Crippen LogP contribution is 2.34. The Hall–Kier alpha value is -4.01. The molecule has 42 heavy (non-hydrogen) atoms. The number of aliphatic hydroxyl groups is 2. The minimum atomic E-state index is -1.35. The first-order valence-corrected chi connectivity index (χ1v) is 14.1. The molecule has 0 aromatic heterocycles. The van der Waals surface area contributed by atoms with Crippen molar-refractivity contribution in [2.24, 2.45) is 0 Å². The van der Waals surface area contributed by atoms with Gasteiger partial charge in [-0.15, -0.1) is 0 Å². The van der Waals surface area contributed by atoms with Crippen molar-refractivity contribution in [2.45, 2.75) is 50.5 Å². The molecule has 4 atom stereocenters. The Morgan fingerprint density at radius 1 is 0.833 bits per heavy atom. The lowest BCUT2D eigenvalue weighted by atomic mass is 9.89. The molecule has 5 rings (SSSR count). The minimum Gasteiger partial charge on any atom is -0.462 e. The van der Waals surface area contributed by atoms with Gasteiger partial charge in [0.2, 0.25) is 6.29 Å². The third-order valence-electron chi connectivity index (χ3n) is 7.63. The molecule has 1 aliphatic heterocycles. The second-order valence-electron chi connectivity index (χ2n) is 11.0. The van der Waals surface area contributed by atoms with Crippen LogP contribution in [0.3, 0.4) is 0 Å². The van der Waals surface area contributed by atoms with Gasteiger partial charge in [0, 0.05) is 13.7 Å². The average molecular weight is 568 g/mol. The van der Waals surface area contributed by atoms with Crippen LogP contribution in [-0.2, 0) is 15.9 Å². The molecule has 1 saturated heterocycles. The summed E-state index contributed by atoms with van der Waals surface area (Å²) >= 11 is 0. The van der Waals surface area contributed by atoms with Crippen molar-refractivity contribution < 1.29 is 29.2 Å². The molecular formula is C35H37NO6. The zero-order chi connectivity index (χ0) is 29.7. The fourth-order valence-electron chi connectivity index (χ4n) is 5.41. The van der Waals surface area contributed by atoms with E-state index in [0.717, 1.165) is 27.8 Å². The molecule has 0 unspecified atom stereocenters. The van der Waals surface area contributed by atoms with Crippen molar-refractivity contribution in [3.63, 3.8) is 0 Å². The Morgan fingerprint density at radius 2 is 1.45 bits per heavy atom. The highest BCUT2D eigenvalue weighted by Gasteiger charge is 2.50. The van der Waals surface area contributed by atoms with Crippen LogP contribution in [0.5, 0.6) is 5.75 Å². The van der Waals surface area contributed by atoms with Gasteiger partial charge < -0.3 is 29.7 Å².